The maximum absolute atomic E-state index is 12.9. The van der Waals surface area contributed by atoms with Gasteiger partial charge in [-0.05, 0) is 49.9 Å². The molecular formula is C19H27FN2O2S. The minimum Gasteiger partial charge on any atom is -0.381 e. The van der Waals surface area contributed by atoms with Crippen LogP contribution in [0, 0.1) is 5.82 Å². The van der Waals surface area contributed by atoms with Gasteiger partial charge in [-0.15, -0.1) is 11.8 Å². The molecule has 0 saturated carbocycles. The number of hydrogen-bond donors (Lipinski definition) is 0. The molecule has 0 aromatic heterocycles. The summed E-state index contributed by atoms with van der Waals surface area (Å²) in [6.45, 7) is 3.91. The number of rotatable bonds is 5. The number of likely N-dealkylation sites (tertiary alicyclic amines) is 2. The van der Waals surface area contributed by atoms with Gasteiger partial charge in [0, 0.05) is 44.2 Å². The summed E-state index contributed by atoms with van der Waals surface area (Å²) in [7, 11) is 1.80. The fourth-order valence-electron chi connectivity index (χ4n) is 3.72. The summed E-state index contributed by atoms with van der Waals surface area (Å²) >= 11 is 1.48. The molecule has 2 aliphatic rings. The summed E-state index contributed by atoms with van der Waals surface area (Å²) < 4.78 is 18.4. The van der Waals surface area contributed by atoms with Gasteiger partial charge in [-0.25, -0.2) is 4.39 Å². The Balaban J connectivity index is 1.39. The molecular weight excluding hydrogens is 339 g/mol. The first-order valence-corrected chi connectivity index (χ1v) is 10.1. The molecule has 0 spiro atoms. The van der Waals surface area contributed by atoms with Gasteiger partial charge in [-0.3, -0.25) is 4.79 Å². The molecule has 0 atom stereocenters. The predicted octanol–water partition coefficient (Wildman–Crippen LogP) is 3.02. The summed E-state index contributed by atoms with van der Waals surface area (Å²) in [5.41, 5.74) is 0. The molecule has 2 heterocycles. The molecule has 0 radical (unpaired) electrons. The number of thioether (sulfide) groups is 1. The van der Waals surface area contributed by atoms with Crippen molar-refractivity contribution >= 4 is 17.7 Å². The van der Waals surface area contributed by atoms with E-state index in [0.717, 1.165) is 56.8 Å². The van der Waals surface area contributed by atoms with E-state index >= 15 is 0 Å². The van der Waals surface area contributed by atoms with E-state index < -0.39 is 0 Å². The number of hydrogen-bond acceptors (Lipinski definition) is 4. The predicted molar refractivity (Wildman–Crippen MR) is 98.3 cm³/mol. The van der Waals surface area contributed by atoms with Crippen molar-refractivity contribution in [2.75, 3.05) is 39.0 Å². The zero-order valence-corrected chi connectivity index (χ0v) is 15.6. The highest BCUT2D eigenvalue weighted by molar-refractivity contribution is 8.00. The van der Waals surface area contributed by atoms with Gasteiger partial charge >= 0.3 is 0 Å². The van der Waals surface area contributed by atoms with E-state index in [4.69, 9.17) is 4.74 Å². The average molecular weight is 367 g/mol. The second kappa shape index (κ2) is 9.01. The first-order valence-electron chi connectivity index (χ1n) is 9.08. The van der Waals surface area contributed by atoms with Crippen LogP contribution >= 0.6 is 11.8 Å². The standard InChI is InChI=1S/C19H27FN2O2S/c1-24-17-8-12-21(13-9-17)16-6-10-22(11-7-16)19(23)14-25-18-4-2-15(20)3-5-18/h2-5,16-17H,6-14H2,1H3. The average Bonchev–Trinajstić information content (AvgIpc) is 2.67. The Kier molecular flexibility index (Phi) is 6.73. The van der Waals surface area contributed by atoms with Crippen molar-refractivity contribution in [3.63, 3.8) is 0 Å². The normalized spacial score (nSPS) is 20.8. The summed E-state index contributed by atoms with van der Waals surface area (Å²) in [5, 5.41) is 0. The quantitative estimate of drug-likeness (QED) is 0.750. The van der Waals surface area contributed by atoms with Gasteiger partial charge in [0.25, 0.3) is 0 Å². The summed E-state index contributed by atoms with van der Waals surface area (Å²) in [6.07, 6.45) is 4.77. The van der Waals surface area contributed by atoms with Crippen molar-refractivity contribution in [3.8, 4) is 0 Å². The Morgan fingerprint density at radius 1 is 1.12 bits per heavy atom. The largest absolute Gasteiger partial charge is 0.381 e. The molecule has 4 nitrogen and oxygen atoms in total. The number of halogens is 1. The molecule has 1 aromatic rings. The van der Waals surface area contributed by atoms with Gasteiger partial charge in [-0.1, -0.05) is 0 Å². The molecule has 25 heavy (non-hydrogen) atoms. The van der Waals surface area contributed by atoms with Gasteiger partial charge in [0.15, 0.2) is 0 Å². The van der Waals surface area contributed by atoms with Crippen LogP contribution in [0.3, 0.4) is 0 Å². The molecule has 3 rings (SSSR count). The minimum absolute atomic E-state index is 0.186. The van der Waals surface area contributed by atoms with Crippen LogP contribution in [0.4, 0.5) is 4.39 Å². The number of methoxy groups -OCH3 is 1. The van der Waals surface area contributed by atoms with Crippen molar-refractivity contribution in [1.82, 2.24) is 9.80 Å². The van der Waals surface area contributed by atoms with Crippen molar-refractivity contribution in [2.24, 2.45) is 0 Å². The highest BCUT2D eigenvalue weighted by Gasteiger charge is 2.29. The number of carbonyl (C=O) groups excluding carboxylic acids is 1. The summed E-state index contributed by atoms with van der Waals surface area (Å²) in [6, 6.07) is 6.93. The van der Waals surface area contributed by atoms with E-state index in [0.29, 0.717) is 17.9 Å². The molecule has 0 aliphatic carbocycles. The molecule has 1 aromatic carbocycles. The number of benzene rings is 1. The van der Waals surface area contributed by atoms with Crippen molar-refractivity contribution in [1.29, 1.82) is 0 Å². The Hall–Kier alpha value is -1.11. The SMILES string of the molecule is COC1CCN(C2CCN(C(=O)CSc3ccc(F)cc3)CC2)CC1. The highest BCUT2D eigenvalue weighted by atomic mass is 32.2. The third-order valence-corrected chi connectivity index (χ3v) is 6.32. The lowest BCUT2D eigenvalue weighted by atomic mass is 9.99. The van der Waals surface area contributed by atoms with Crippen LogP contribution in [0.1, 0.15) is 25.7 Å². The number of carbonyl (C=O) groups is 1. The van der Waals surface area contributed by atoms with E-state index in [1.54, 1.807) is 19.2 Å². The zero-order chi connectivity index (χ0) is 17.6. The van der Waals surface area contributed by atoms with Crippen LogP contribution in [-0.2, 0) is 9.53 Å². The first-order chi connectivity index (χ1) is 12.2. The lowest BCUT2D eigenvalue weighted by Crippen LogP contribution is -2.50. The maximum Gasteiger partial charge on any atom is 0.232 e. The third kappa shape index (κ3) is 5.19. The molecule has 6 heteroatoms. The van der Waals surface area contributed by atoms with Crippen molar-refractivity contribution in [3.05, 3.63) is 30.1 Å². The second-order valence-corrected chi connectivity index (χ2v) is 7.87. The monoisotopic (exact) mass is 366 g/mol. The van der Waals surface area contributed by atoms with E-state index in [1.807, 2.05) is 4.90 Å². The number of piperidine rings is 2. The van der Waals surface area contributed by atoms with Gasteiger partial charge in [0.1, 0.15) is 5.82 Å². The lowest BCUT2D eigenvalue weighted by molar-refractivity contribution is -0.130. The van der Waals surface area contributed by atoms with Crippen LogP contribution < -0.4 is 0 Å². The van der Waals surface area contributed by atoms with Crippen molar-refractivity contribution in [2.45, 2.75) is 42.7 Å². The number of ether oxygens (including phenoxy) is 1. The van der Waals surface area contributed by atoms with Crippen LogP contribution in [0.2, 0.25) is 0 Å². The topological polar surface area (TPSA) is 32.8 Å². The van der Waals surface area contributed by atoms with Gasteiger partial charge in [0.2, 0.25) is 5.91 Å². The molecule has 2 fully saturated rings. The highest BCUT2D eigenvalue weighted by Crippen LogP contribution is 2.23. The van der Waals surface area contributed by atoms with E-state index in [1.165, 1.54) is 23.9 Å². The molecule has 138 valence electrons. The van der Waals surface area contributed by atoms with Crippen LogP contribution in [0.15, 0.2) is 29.2 Å². The minimum atomic E-state index is -0.243. The molecule has 2 aliphatic heterocycles. The molecule has 0 unspecified atom stereocenters. The maximum atomic E-state index is 12.9. The Bertz CT molecular complexity index is 553. The first kappa shape index (κ1) is 18.7. The fourth-order valence-corrected chi connectivity index (χ4v) is 4.53. The van der Waals surface area contributed by atoms with Gasteiger partial charge < -0.3 is 14.5 Å². The molecule has 0 N–H and O–H groups in total. The second-order valence-electron chi connectivity index (χ2n) is 6.83. The van der Waals surface area contributed by atoms with E-state index in [9.17, 15) is 9.18 Å². The summed E-state index contributed by atoms with van der Waals surface area (Å²) in [4.78, 5) is 17.9. The number of nitrogens with zero attached hydrogens (tertiary/aromatic N) is 2. The summed E-state index contributed by atoms with van der Waals surface area (Å²) in [5.74, 6) is 0.369. The lowest BCUT2D eigenvalue weighted by Gasteiger charge is -2.41. The van der Waals surface area contributed by atoms with Crippen molar-refractivity contribution < 1.29 is 13.9 Å². The van der Waals surface area contributed by atoms with E-state index in [2.05, 4.69) is 4.90 Å². The third-order valence-electron chi connectivity index (χ3n) is 5.32. The molecule has 1 amide bonds. The molecule has 2 saturated heterocycles. The Morgan fingerprint density at radius 2 is 1.76 bits per heavy atom. The number of amides is 1. The zero-order valence-electron chi connectivity index (χ0n) is 14.8. The Morgan fingerprint density at radius 3 is 2.36 bits per heavy atom. The smallest absolute Gasteiger partial charge is 0.232 e. The van der Waals surface area contributed by atoms with Crippen LogP contribution in [-0.4, -0.2) is 66.9 Å². The van der Waals surface area contributed by atoms with Crippen LogP contribution in [0.5, 0.6) is 0 Å². The molecule has 0 bridgehead atoms. The van der Waals surface area contributed by atoms with E-state index in [-0.39, 0.29) is 11.7 Å². The van der Waals surface area contributed by atoms with Gasteiger partial charge in [0.05, 0.1) is 11.9 Å². The van der Waals surface area contributed by atoms with Crippen LogP contribution in [0.25, 0.3) is 0 Å². The van der Waals surface area contributed by atoms with Gasteiger partial charge in [-0.2, -0.15) is 0 Å². The Labute approximate surface area is 153 Å². The fraction of sp³-hybridized carbons (Fsp3) is 0.632.